The van der Waals surface area contributed by atoms with Gasteiger partial charge in [-0.1, -0.05) is 23.2 Å². The smallest absolute Gasteiger partial charge is 0.376 e. The molecule has 0 saturated carbocycles. The zero-order valence-electron chi connectivity index (χ0n) is 12.9. The number of aliphatic hydroxyl groups is 1. The molecule has 2 rings (SSSR count). The van der Waals surface area contributed by atoms with Crippen LogP contribution in [0.4, 0.5) is 26.3 Å². The van der Waals surface area contributed by atoms with E-state index in [1.54, 1.807) is 0 Å². The number of hydrogen-bond donors (Lipinski definition) is 1. The first-order valence-electron chi connectivity index (χ1n) is 6.89. The standard InChI is InChI=1S/C15H10Cl2F6N2O/c1-13(26,15(21,22)23)10-2-8(16)3-11(17)9(10)4-12-24-5-7(6-25-12)14(18,19)20/h2-3,5-6,26H,4H2,1H3/t13-/m1/s1. The van der Waals surface area contributed by atoms with E-state index < -0.39 is 35.5 Å². The zero-order chi connectivity index (χ0) is 19.9. The van der Waals surface area contributed by atoms with Gasteiger partial charge in [-0.2, -0.15) is 26.3 Å². The quantitative estimate of drug-likeness (QED) is 0.700. The van der Waals surface area contributed by atoms with Gasteiger partial charge >= 0.3 is 12.4 Å². The summed E-state index contributed by atoms with van der Waals surface area (Å²) in [5.41, 5.74) is -5.22. The van der Waals surface area contributed by atoms with Crippen LogP contribution in [0.15, 0.2) is 24.5 Å². The average Bonchev–Trinajstić information content (AvgIpc) is 2.48. The second-order valence-electron chi connectivity index (χ2n) is 5.55. The summed E-state index contributed by atoms with van der Waals surface area (Å²) in [6.07, 6.45) is -9.12. The summed E-state index contributed by atoms with van der Waals surface area (Å²) >= 11 is 11.7. The molecule has 1 aromatic heterocycles. The van der Waals surface area contributed by atoms with Crippen molar-refractivity contribution in [2.75, 3.05) is 0 Å². The van der Waals surface area contributed by atoms with E-state index in [9.17, 15) is 31.4 Å². The molecule has 0 aliphatic rings. The topological polar surface area (TPSA) is 46.0 Å². The van der Waals surface area contributed by atoms with Gasteiger partial charge in [0.25, 0.3) is 0 Å². The number of benzene rings is 1. The molecular weight excluding hydrogens is 409 g/mol. The number of alkyl halides is 6. The van der Waals surface area contributed by atoms with E-state index in [1.165, 1.54) is 0 Å². The fourth-order valence-corrected chi connectivity index (χ4v) is 2.68. The van der Waals surface area contributed by atoms with Crippen molar-refractivity contribution in [1.82, 2.24) is 9.97 Å². The van der Waals surface area contributed by atoms with Gasteiger partial charge in [0, 0.05) is 28.9 Å². The van der Waals surface area contributed by atoms with Crippen LogP contribution in [-0.4, -0.2) is 21.3 Å². The van der Waals surface area contributed by atoms with Gasteiger partial charge in [-0.05, 0) is 30.2 Å². The van der Waals surface area contributed by atoms with Crippen LogP contribution in [0, 0.1) is 0 Å². The van der Waals surface area contributed by atoms with E-state index >= 15 is 0 Å². The summed E-state index contributed by atoms with van der Waals surface area (Å²) in [6, 6.07) is 2.04. The van der Waals surface area contributed by atoms with Crippen molar-refractivity contribution in [3.8, 4) is 0 Å². The van der Waals surface area contributed by atoms with Crippen molar-refractivity contribution in [3.05, 3.63) is 57.1 Å². The fraction of sp³-hybridized carbons (Fsp3) is 0.333. The van der Waals surface area contributed by atoms with Crippen LogP contribution in [0.3, 0.4) is 0 Å². The molecule has 1 aromatic carbocycles. The molecule has 1 N–H and O–H groups in total. The predicted octanol–water partition coefficient (Wildman–Crippen LogP) is 5.16. The van der Waals surface area contributed by atoms with Crippen molar-refractivity contribution in [1.29, 1.82) is 0 Å². The Hall–Kier alpha value is -1.58. The molecular formula is C15H10Cl2F6N2O. The van der Waals surface area contributed by atoms with E-state index in [1.807, 2.05) is 0 Å². The lowest BCUT2D eigenvalue weighted by Gasteiger charge is -2.29. The Morgan fingerprint density at radius 2 is 1.54 bits per heavy atom. The molecule has 2 aromatic rings. The van der Waals surface area contributed by atoms with Gasteiger partial charge in [0.2, 0.25) is 0 Å². The maximum absolute atomic E-state index is 13.2. The third-order valence-corrected chi connectivity index (χ3v) is 4.16. The molecule has 26 heavy (non-hydrogen) atoms. The Morgan fingerprint density at radius 3 is 2.00 bits per heavy atom. The summed E-state index contributed by atoms with van der Waals surface area (Å²) in [6.45, 7) is 0.520. The lowest BCUT2D eigenvalue weighted by atomic mass is 9.89. The maximum atomic E-state index is 13.2. The van der Waals surface area contributed by atoms with E-state index in [0.717, 1.165) is 12.1 Å². The Balaban J connectivity index is 2.50. The molecule has 11 heteroatoms. The van der Waals surface area contributed by atoms with Crippen LogP contribution in [0.25, 0.3) is 0 Å². The highest BCUT2D eigenvalue weighted by Gasteiger charge is 2.52. The van der Waals surface area contributed by atoms with Crippen LogP contribution in [-0.2, 0) is 18.2 Å². The van der Waals surface area contributed by atoms with Crippen molar-refractivity contribution < 1.29 is 31.4 Å². The monoisotopic (exact) mass is 418 g/mol. The van der Waals surface area contributed by atoms with Gasteiger partial charge in [-0.15, -0.1) is 0 Å². The summed E-state index contributed by atoms with van der Waals surface area (Å²) in [5.74, 6) is -0.207. The number of aromatic nitrogens is 2. The number of rotatable bonds is 3. The van der Waals surface area contributed by atoms with E-state index in [-0.39, 0.29) is 21.4 Å². The van der Waals surface area contributed by atoms with Gasteiger partial charge in [0.15, 0.2) is 5.60 Å². The second-order valence-corrected chi connectivity index (χ2v) is 6.39. The summed E-state index contributed by atoms with van der Waals surface area (Å²) in [4.78, 5) is 7.01. The summed E-state index contributed by atoms with van der Waals surface area (Å²) < 4.78 is 77.2. The number of hydrogen-bond acceptors (Lipinski definition) is 3. The van der Waals surface area contributed by atoms with E-state index in [0.29, 0.717) is 19.3 Å². The minimum absolute atomic E-state index is 0.147. The first-order chi connectivity index (χ1) is 11.7. The maximum Gasteiger partial charge on any atom is 0.421 e. The highest BCUT2D eigenvalue weighted by Crippen LogP contribution is 2.43. The van der Waals surface area contributed by atoms with Gasteiger partial charge in [-0.3, -0.25) is 0 Å². The molecule has 0 bridgehead atoms. The Kier molecular flexibility index (Phi) is 5.47. The van der Waals surface area contributed by atoms with E-state index in [2.05, 4.69) is 9.97 Å². The Morgan fingerprint density at radius 1 is 1.00 bits per heavy atom. The molecule has 1 heterocycles. The predicted molar refractivity (Wildman–Crippen MR) is 81.9 cm³/mol. The SMILES string of the molecule is C[C@@](O)(c1cc(Cl)cc(Cl)c1Cc1ncc(C(F)(F)F)cn1)C(F)(F)F. The molecule has 0 aliphatic heterocycles. The lowest BCUT2D eigenvalue weighted by molar-refractivity contribution is -0.259. The molecule has 1 atom stereocenters. The molecule has 142 valence electrons. The van der Waals surface area contributed by atoms with Crippen LogP contribution >= 0.6 is 23.2 Å². The number of nitrogens with zero attached hydrogens (tertiary/aromatic N) is 2. The average molecular weight is 419 g/mol. The first kappa shape index (κ1) is 20.7. The third kappa shape index (κ3) is 4.21. The van der Waals surface area contributed by atoms with Crippen LogP contribution in [0.5, 0.6) is 0 Å². The lowest BCUT2D eigenvalue weighted by Crippen LogP contribution is -2.40. The van der Waals surface area contributed by atoms with Crippen molar-refractivity contribution >= 4 is 23.2 Å². The summed E-state index contributed by atoms with van der Waals surface area (Å²) in [7, 11) is 0. The highest BCUT2D eigenvalue weighted by molar-refractivity contribution is 6.35. The largest absolute Gasteiger partial charge is 0.421 e. The third-order valence-electron chi connectivity index (χ3n) is 3.60. The van der Waals surface area contributed by atoms with Gasteiger partial charge in [0.1, 0.15) is 5.82 Å². The van der Waals surface area contributed by atoms with Crippen LogP contribution < -0.4 is 0 Å². The summed E-state index contributed by atoms with van der Waals surface area (Å²) in [5, 5.41) is 9.59. The minimum atomic E-state index is -5.04. The normalized spacial score (nSPS) is 15.0. The molecule has 0 fully saturated rings. The van der Waals surface area contributed by atoms with Crippen molar-refractivity contribution in [2.45, 2.75) is 31.3 Å². The minimum Gasteiger partial charge on any atom is -0.376 e. The molecule has 0 saturated heterocycles. The molecule has 0 aliphatic carbocycles. The molecule has 3 nitrogen and oxygen atoms in total. The van der Waals surface area contributed by atoms with Crippen molar-refractivity contribution in [3.63, 3.8) is 0 Å². The highest BCUT2D eigenvalue weighted by atomic mass is 35.5. The Bertz CT molecular complexity index is 804. The van der Waals surface area contributed by atoms with Gasteiger partial charge < -0.3 is 5.11 Å². The molecule has 0 radical (unpaired) electrons. The second kappa shape index (κ2) is 6.86. The first-order valence-corrected chi connectivity index (χ1v) is 7.64. The van der Waals surface area contributed by atoms with Crippen LogP contribution in [0.2, 0.25) is 10.0 Å². The molecule has 0 unspecified atom stereocenters. The van der Waals surface area contributed by atoms with Crippen LogP contribution in [0.1, 0.15) is 29.4 Å². The van der Waals surface area contributed by atoms with Gasteiger partial charge in [-0.25, -0.2) is 9.97 Å². The Labute approximate surface area is 153 Å². The number of halogens is 8. The van der Waals surface area contributed by atoms with Gasteiger partial charge in [0.05, 0.1) is 5.56 Å². The van der Waals surface area contributed by atoms with E-state index in [4.69, 9.17) is 23.2 Å². The molecule has 0 amide bonds. The fourth-order valence-electron chi connectivity index (χ4n) is 2.12. The molecule has 0 spiro atoms. The van der Waals surface area contributed by atoms with Crippen molar-refractivity contribution in [2.24, 2.45) is 0 Å². The zero-order valence-corrected chi connectivity index (χ0v) is 14.4.